The smallest absolute Gasteiger partial charge is 0.252 e. The summed E-state index contributed by atoms with van der Waals surface area (Å²) in [7, 11) is 0. The number of piperazine rings is 1. The lowest BCUT2D eigenvalue weighted by atomic mass is 10.0. The summed E-state index contributed by atoms with van der Waals surface area (Å²) < 4.78 is 15.0. The Labute approximate surface area is 281 Å². The van der Waals surface area contributed by atoms with Crippen molar-refractivity contribution in [2.45, 2.75) is 64.1 Å². The molecule has 0 saturated carbocycles. The van der Waals surface area contributed by atoms with Crippen molar-refractivity contribution in [3.63, 3.8) is 0 Å². The molecule has 252 valence electrons. The molecule has 47 heavy (non-hydrogen) atoms. The zero-order valence-corrected chi connectivity index (χ0v) is 28.3. The summed E-state index contributed by atoms with van der Waals surface area (Å²) in [6.07, 6.45) is 7.04. The lowest BCUT2D eigenvalue weighted by Gasteiger charge is -2.41. The highest BCUT2D eigenvalue weighted by atomic mass is 32.1. The number of rotatable bonds is 12. The van der Waals surface area contributed by atoms with Crippen LogP contribution in [0.3, 0.4) is 0 Å². The molecule has 3 aliphatic heterocycles. The number of hydrogen-bond acceptors (Lipinski definition) is 9. The molecular weight excluding hydrogens is 611 g/mol. The lowest BCUT2D eigenvalue weighted by molar-refractivity contribution is -0.217. The van der Waals surface area contributed by atoms with Crippen LogP contribution in [0, 0.1) is 0 Å². The molecule has 0 amide bonds. The maximum Gasteiger partial charge on any atom is 0.252 e. The number of pyridine rings is 1. The van der Waals surface area contributed by atoms with Crippen molar-refractivity contribution < 1.29 is 14.6 Å². The van der Waals surface area contributed by atoms with E-state index in [1.807, 2.05) is 40.5 Å². The Kier molecular flexibility index (Phi) is 10.7. The van der Waals surface area contributed by atoms with Gasteiger partial charge in [0.1, 0.15) is 12.5 Å². The summed E-state index contributed by atoms with van der Waals surface area (Å²) in [6, 6.07) is 18.7. The van der Waals surface area contributed by atoms with Crippen molar-refractivity contribution in [1.82, 2.24) is 19.3 Å². The molecule has 2 aromatic carbocycles. The highest BCUT2D eigenvalue weighted by molar-refractivity contribution is 7.17. The number of benzene rings is 2. The van der Waals surface area contributed by atoms with E-state index in [1.54, 1.807) is 10.6 Å². The standard InChI is InChI=1S/C37H49N5O4S/c43-36-12-10-29-9-11-31(27-34(29)42(36)28-46-37(44)41-19-13-30(14-20-41)39-17-2-1-3-18-39)45-25-5-4-16-38-21-23-40(24-22-38)33-7-6-8-35-32(33)15-26-47-35/h6-12,15,26-27,30,37,44H,1-5,13-14,16-25,28H2. The van der Waals surface area contributed by atoms with Crippen molar-refractivity contribution in [2.24, 2.45) is 0 Å². The predicted molar refractivity (Wildman–Crippen MR) is 191 cm³/mol. The van der Waals surface area contributed by atoms with Crippen LogP contribution in [0.5, 0.6) is 5.75 Å². The molecule has 0 spiro atoms. The molecular formula is C37H49N5O4S. The van der Waals surface area contributed by atoms with Gasteiger partial charge < -0.3 is 24.4 Å². The molecule has 3 fully saturated rings. The van der Waals surface area contributed by atoms with Gasteiger partial charge in [-0.05, 0) is 105 Å². The van der Waals surface area contributed by atoms with Gasteiger partial charge in [-0.3, -0.25) is 19.2 Å². The Bertz CT molecular complexity index is 1650. The first kappa shape index (κ1) is 32.6. The SMILES string of the molecule is O=c1ccc2ccc(OCCCCN3CCN(c4cccc5sccc45)CC3)cc2n1COC(O)N1CCC(N2CCCCC2)CC1. The number of aliphatic hydroxyl groups is 1. The third-order valence-corrected chi connectivity index (χ3v) is 11.2. The van der Waals surface area contributed by atoms with Gasteiger partial charge in [0.15, 0.2) is 0 Å². The van der Waals surface area contributed by atoms with Crippen LogP contribution in [0.15, 0.2) is 64.8 Å². The van der Waals surface area contributed by atoms with Gasteiger partial charge in [-0.2, -0.15) is 0 Å². The topological polar surface area (TPSA) is 73.6 Å². The van der Waals surface area contributed by atoms with E-state index in [1.165, 1.54) is 48.1 Å². The van der Waals surface area contributed by atoms with Crippen LogP contribution in [0.25, 0.3) is 21.0 Å². The van der Waals surface area contributed by atoms with Gasteiger partial charge in [0.25, 0.3) is 5.56 Å². The third-order valence-electron chi connectivity index (χ3n) is 10.4. The molecule has 7 rings (SSSR count). The largest absolute Gasteiger partial charge is 0.494 e. The van der Waals surface area contributed by atoms with E-state index < -0.39 is 6.41 Å². The molecule has 1 N–H and O–H groups in total. The molecule has 0 radical (unpaired) electrons. The molecule has 3 saturated heterocycles. The number of nitrogens with zero attached hydrogens (tertiary/aromatic N) is 5. The number of ether oxygens (including phenoxy) is 2. The summed E-state index contributed by atoms with van der Waals surface area (Å²) >= 11 is 1.81. The van der Waals surface area contributed by atoms with Crippen LogP contribution in [0.1, 0.15) is 44.9 Å². The number of piperidine rings is 2. The molecule has 3 aliphatic rings. The van der Waals surface area contributed by atoms with Crippen molar-refractivity contribution in [3.05, 3.63) is 70.3 Å². The highest BCUT2D eigenvalue weighted by Gasteiger charge is 2.28. The minimum Gasteiger partial charge on any atom is -0.494 e. The Morgan fingerprint density at radius 3 is 2.51 bits per heavy atom. The maximum atomic E-state index is 12.9. The second kappa shape index (κ2) is 15.5. The van der Waals surface area contributed by atoms with Gasteiger partial charge in [-0.25, -0.2) is 0 Å². The monoisotopic (exact) mass is 659 g/mol. The molecule has 1 atom stereocenters. The average molecular weight is 660 g/mol. The van der Waals surface area contributed by atoms with E-state index in [-0.39, 0.29) is 12.3 Å². The highest BCUT2D eigenvalue weighted by Crippen LogP contribution is 2.31. The van der Waals surface area contributed by atoms with Crippen molar-refractivity contribution in [3.8, 4) is 5.75 Å². The van der Waals surface area contributed by atoms with Gasteiger partial charge in [0.2, 0.25) is 6.41 Å². The number of anilines is 1. The third kappa shape index (κ3) is 7.85. The van der Waals surface area contributed by atoms with Crippen LogP contribution in [0.2, 0.25) is 0 Å². The first-order chi connectivity index (χ1) is 23.1. The fourth-order valence-electron chi connectivity index (χ4n) is 7.59. The van der Waals surface area contributed by atoms with Gasteiger partial charge in [-0.1, -0.05) is 12.5 Å². The van der Waals surface area contributed by atoms with Crippen LogP contribution in [0.4, 0.5) is 5.69 Å². The summed E-state index contributed by atoms with van der Waals surface area (Å²) in [5, 5.41) is 15.3. The van der Waals surface area contributed by atoms with E-state index in [4.69, 9.17) is 9.47 Å². The fraction of sp³-hybridized carbons (Fsp3) is 0.541. The van der Waals surface area contributed by atoms with Gasteiger partial charge in [-0.15, -0.1) is 11.3 Å². The van der Waals surface area contributed by atoms with Crippen molar-refractivity contribution in [1.29, 1.82) is 0 Å². The maximum absolute atomic E-state index is 12.9. The van der Waals surface area contributed by atoms with E-state index in [2.05, 4.69) is 44.3 Å². The molecule has 4 aromatic rings. The second-order valence-electron chi connectivity index (χ2n) is 13.3. The van der Waals surface area contributed by atoms with Crippen molar-refractivity contribution in [2.75, 3.05) is 70.4 Å². The number of aromatic nitrogens is 1. The number of hydrogen-bond donors (Lipinski definition) is 1. The number of fused-ring (bicyclic) bond motifs is 2. The molecule has 0 bridgehead atoms. The molecule has 0 aliphatic carbocycles. The first-order valence-electron chi connectivity index (χ1n) is 17.6. The Hall–Kier alpha value is -2.99. The zero-order valence-electron chi connectivity index (χ0n) is 27.5. The van der Waals surface area contributed by atoms with E-state index >= 15 is 0 Å². The quantitative estimate of drug-likeness (QED) is 0.160. The fourth-order valence-corrected chi connectivity index (χ4v) is 8.39. The zero-order chi connectivity index (χ0) is 32.0. The van der Waals surface area contributed by atoms with Gasteiger partial charge in [0.05, 0.1) is 12.1 Å². The number of thiophene rings is 1. The summed E-state index contributed by atoms with van der Waals surface area (Å²) in [4.78, 5) is 22.6. The molecule has 5 heterocycles. The normalized spacial score (nSPS) is 19.9. The predicted octanol–water partition coefficient (Wildman–Crippen LogP) is 5.40. The first-order valence-corrected chi connectivity index (χ1v) is 18.5. The summed E-state index contributed by atoms with van der Waals surface area (Å²) in [5.74, 6) is 0.744. The molecule has 10 heteroatoms. The van der Waals surface area contributed by atoms with E-state index in [0.717, 1.165) is 88.1 Å². The molecule has 2 aromatic heterocycles. The van der Waals surface area contributed by atoms with Gasteiger partial charge in [0, 0.05) is 73.2 Å². The minimum atomic E-state index is -1.03. The number of likely N-dealkylation sites (tertiary alicyclic amines) is 2. The van der Waals surface area contributed by atoms with Gasteiger partial charge >= 0.3 is 0 Å². The number of unbranched alkanes of at least 4 members (excludes halogenated alkanes) is 1. The van der Waals surface area contributed by atoms with Crippen LogP contribution >= 0.6 is 11.3 Å². The van der Waals surface area contributed by atoms with E-state index in [9.17, 15) is 9.90 Å². The van der Waals surface area contributed by atoms with Crippen LogP contribution in [-0.4, -0.2) is 102 Å². The molecule has 1 unspecified atom stereocenters. The minimum absolute atomic E-state index is 0.0114. The van der Waals surface area contributed by atoms with Crippen LogP contribution < -0.4 is 15.2 Å². The Balaban J connectivity index is 0.857. The Morgan fingerprint density at radius 1 is 0.872 bits per heavy atom. The number of aliphatic hydroxyl groups excluding tert-OH is 1. The summed E-state index contributed by atoms with van der Waals surface area (Å²) in [6.45, 7) is 9.97. The Morgan fingerprint density at radius 2 is 1.68 bits per heavy atom. The molecule has 9 nitrogen and oxygen atoms in total. The lowest BCUT2D eigenvalue weighted by Crippen LogP contribution is -2.50. The second-order valence-corrected chi connectivity index (χ2v) is 14.2. The van der Waals surface area contributed by atoms with E-state index in [0.29, 0.717) is 12.6 Å². The van der Waals surface area contributed by atoms with Crippen molar-refractivity contribution >= 4 is 38.0 Å². The van der Waals surface area contributed by atoms with Crippen LogP contribution in [-0.2, 0) is 11.5 Å². The summed E-state index contributed by atoms with van der Waals surface area (Å²) in [5.41, 5.74) is 1.96. The average Bonchev–Trinajstić information content (AvgIpc) is 3.61.